The molecule has 0 spiro atoms. The van der Waals surface area contributed by atoms with Crippen LogP contribution in [0.25, 0.3) is 0 Å². The second kappa shape index (κ2) is 9.55. The number of nitrogens with two attached hydrogens (primary N) is 1. The average Bonchev–Trinajstić information content (AvgIpc) is 2.26. The maximum Gasteiger partial charge on any atom is 0.394 e. The highest BCUT2D eigenvalue weighted by atomic mass is 32.3. The van der Waals surface area contributed by atoms with E-state index >= 15 is 0 Å². The minimum atomic E-state index is -4.67. The number of nitrogens with one attached hydrogen (secondary N) is 2. The van der Waals surface area contributed by atoms with Crippen molar-refractivity contribution < 1.29 is 31.4 Å². The minimum Gasteiger partial charge on any atom is -0.412 e. The fourth-order valence-electron chi connectivity index (χ4n) is 1.23. The van der Waals surface area contributed by atoms with Crippen LogP contribution in [0.3, 0.4) is 0 Å². The Morgan fingerprint density at radius 2 is 1.64 bits per heavy atom. The van der Waals surface area contributed by atoms with Crippen LogP contribution in [0, 0.1) is 6.92 Å². The van der Waals surface area contributed by atoms with Crippen LogP contribution in [-0.2, 0) is 20.4 Å². The molecule has 12 heteroatoms. The number of sulfonamides is 1. The van der Waals surface area contributed by atoms with Crippen LogP contribution in [0.1, 0.15) is 5.56 Å². The van der Waals surface area contributed by atoms with Crippen LogP contribution in [0.15, 0.2) is 18.2 Å². The monoisotopic (exact) mass is 359 g/mol. The number of rotatable bonds is 5. The van der Waals surface area contributed by atoms with Crippen LogP contribution < -0.4 is 15.8 Å². The number of hydrogen-bond donors (Lipinski definition) is 5. The van der Waals surface area contributed by atoms with Gasteiger partial charge in [-0.15, -0.1) is 0 Å². The average molecular weight is 359 g/mol. The van der Waals surface area contributed by atoms with Gasteiger partial charge in [0.05, 0.1) is 6.26 Å². The van der Waals surface area contributed by atoms with Gasteiger partial charge in [-0.1, -0.05) is 0 Å². The lowest BCUT2D eigenvalue weighted by Gasteiger charge is -2.08. The molecule has 0 aliphatic carbocycles. The molecule has 0 saturated heterocycles. The molecule has 8 N–H and O–H groups in total. The number of anilines is 2. The van der Waals surface area contributed by atoms with Crippen molar-refractivity contribution in [3.05, 3.63) is 23.8 Å². The lowest BCUT2D eigenvalue weighted by atomic mass is 10.2. The van der Waals surface area contributed by atoms with Crippen molar-refractivity contribution in [3.8, 4) is 0 Å². The van der Waals surface area contributed by atoms with Crippen molar-refractivity contribution in [2.75, 3.05) is 30.4 Å². The summed E-state index contributed by atoms with van der Waals surface area (Å²) in [5, 5.41) is 3.10. The molecular weight excluding hydrogens is 338 g/mol. The Morgan fingerprint density at radius 3 is 2.05 bits per heavy atom. The van der Waals surface area contributed by atoms with Crippen molar-refractivity contribution in [3.63, 3.8) is 0 Å². The predicted molar refractivity (Wildman–Crippen MR) is 84.7 cm³/mol. The molecule has 0 amide bonds. The summed E-state index contributed by atoms with van der Waals surface area (Å²) in [6, 6.07) is 5.61. The molecule has 0 atom stereocenters. The Labute approximate surface area is 129 Å². The van der Waals surface area contributed by atoms with Gasteiger partial charge in [-0.05, 0) is 30.7 Å². The maximum absolute atomic E-state index is 10.8. The summed E-state index contributed by atoms with van der Waals surface area (Å²) in [5.41, 5.74) is 8.36. The molecule has 130 valence electrons. The van der Waals surface area contributed by atoms with E-state index in [0.717, 1.165) is 23.2 Å². The standard InChI is InChI=1S/C10H17N3O2S.H2O4S.H2O/c1-8-7-9(3-4-10(8)11)12-5-6-13-16(2,14)15;1-5(2,3)4;/h3-4,7,12-13H,5-6,11H2,1-2H3;(H2,1,2,3,4);1H2. The number of benzene rings is 1. The highest BCUT2D eigenvalue weighted by Crippen LogP contribution is 2.15. The first-order valence-corrected chi connectivity index (χ1v) is 8.92. The summed E-state index contributed by atoms with van der Waals surface area (Å²) in [5.74, 6) is 0. The summed E-state index contributed by atoms with van der Waals surface area (Å²) in [4.78, 5) is 0. The first-order chi connectivity index (χ1) is 9.38. The fourth-order valence-corrected chi connectivity index (χ4v) is 1.70. The number of nitrogen functional groups attached to an aromatic ring is 1. The molecule has 1 aromatic rings. The van der Waals surface area contributed by atoms with E-state index in [-0.39, 0.29) is 5.48 Å². The summed E-state index contributed by atoms with van der Waals surface area (Å²) in [7, 11) is -7.77. The van der Waals surface area contributed by atoms with Crippen molar-refractivity contribution in [1.29, 1.82) is 0 Å². The van der Waals surface area contributed by atoms with E-state index in [9.17, 15) is 8.42 Å². The lowest BCUT2D eigenvalue weighted by Crippen LogP contribution is -2.27. The molecule has 0 bridgehead atoms. The topological polar surface area (TPSA) is 190 Å². The Morgan fingerprint density at radius 1 is 1.14 bits per heavy atom. The Hall–Kier alpha value is -1.44. The molecule has 0 aliphatic rings. The van der Waals surface area contributed by atoms with Gasteiger partial charge in [-0.25, -0.2) is 13.1 Å². The van der Waals surface area contributed by atoms with E-state index < -0.39 is 20.4 Å². The van der Waals surface area contributed by atoms with E-state index in [1.807, 2.05) is 25.1 Å². The predicted octanol–water partition coefficient (Wildman–Crippen LogP) is -0.939. The van der Waals surface area contributed by atoms with Gasteiger partial charge >= 0.3 is 10.4 Å². The molecule has 0 aliphatic heterocycles. The molecule has 10 nitrogen and oxygen atoms in total. The Kier molecular flexibility index (Phi) is 9.91. The zero-order chi connectivity index (χ0) is 16.7. The Bertz CT molecular complexity index is 651. The highest BCUT2D eigenvalue weighted by molar-refractivity contribution is 7.88. The molecule has 0 unspecified atom stereocenters. The van der Waals surface area contributed by atoms with E-state index in [4.69, 9.17) is 23.3 Å². The van der Waals surface area contributed by atoms with Crippen LogP contribution in [0.4, 0.5) is 11.4 Å². The first kappa shape index (κ1) is 22.8. The van der Waals surface area contributed by atoms with Gasteiger partial charge in [0.25, 0.3) is 0 Å². The summed E-state index contributed by atoms with van der Waals surface area (Å²) in [6.45, 7) is 2.83. The van der Waals surface area contributed by atoms with Crippen molar-refractivity contribution in [1.82, 2.24) is 4.72 Å². The Balaban J connectivity index is 0. The third-order valence-corrected chi connectivity index (χ3v) is 2.82. The molecule has 0 aromatic heterocycles. The van der Waals surface area contributed by atoms with Crippen LogP contribution in [-0.4, -0.2) is 50.8 Å². The van der Waals surface area contributed by atoms with Gasteiger partial charge in [0.15, 0.2) is 0 Å². The first-order valence-electron chi connectivity index (χ1n) is 5.63. The molecule has 0 fully saturated rings. The maximum atomic E-state index is 10.8. The van der Waals surface area contributed by atoms with Crippen LogP contribution >= 0.6 is 0 Å². The van der Waals surface area contributed by atoms with Crippen molar-refractivity contribution >= 4 is 31.8 Å². The van der Waals surface area contributed by atoms with Gasteiger partial charge < -0.3 is 16.5 Å². The van der Waals surface area contributed by atoms with Crippen LogP contribution in [0.5, 0.6) is 0 Å². The molecule has 0 heterocycles. The van der Waals surface area contributed by atoms with Crippen LogP contribution in [0.2, 0.25) is 0 Å². The number of hydrogen-bond acceptors (Lipinski definition) is 6. The highest BCUT2D eigenvalue weighted by Gasteiger charge is 1.99. The molecule has 22 heavy (non-hydrogen) atoms. The van der Waals surface area contributed by atoms with Gasteiger partial charge in [-0.2, -0.15) is 8.42 Å². The lowest BCUT2D eigenvalue weighted by molar-refractivity contribution is 0.381. The SMILES string of the molecule is Cc1cc(NCCNS(C)(=O)=O)ccc1N.O.O=S(=O)(O)O. The molecule has 0 saturated carbocycles. The van der Waals surface area contributed by atoms with E-state index in [0.29, 0.717) is 13.1 Å². The second-order valence-corrected chi connectivity index (χ2v) is 6.84. The third kappa shape index (κ3) is 15.0. The largest absolute Gasteiger partial charge is 0.412 e. The fraction of sp³-hybridized carbons (Fsp3) is 0.400. The van der Waals surface area contributed by atoms with Gasteiger partial charge in [0.2, 0.25) is 10.0 Å². The van der Waals surface area contributed by atoms with E-state index in [1.165, 1.54) is 0 Å². The second-order valence-electron chi connectivity index (χ2n) is 4.11. The smallest absolute Gasteiger partial charge is 0.394 e. The summed E-state index contributed by atoms with van der Waals surface area (Å²) >= 11 is 0. The normalized spacial score (nSPS) is 10.9. The number of aryl methyl sites for hydroxylation is 1. The van der Waals surface area contributed by atoms with E-state index in [2.05, 4.69) is 10.0 Å². The molecule has 0 radical (unpaired) electrons. The minimum absolute atomic E-state index is 0. The zero-order valence-electron chi connectivity index (χ0n) is 12.1. The third-order valence-electron chi connectivity index (χ3n) is 2.09. The van der Waals surface area contributed by atoms with E-state index in [1.54, 1.807) is 0 Å². The van der Waals surface area contributed by atoms with Gasteiger partial charge in [-0.3, -0.25) is 9.11 Å². The molecular formula is C10H21N3O7S2. The van der Waals surface area contributed by atoms with Gasteiger partial charge in [0.1, 0.15) is 0 Å². The molecule has 1 rings (SSSR count). The summed E-state index contributed by atoms with van der Waals surface area (Å²) < 4.78 is 55.6. The zero-order valence-corrected chi connectivity index (χ0v) is 13.7. The van der Waals surface area contributed by atoms with Crippen molar-refractivity contribution in [2.24, 2.45) is 0 Å². The van der Waals surface area contributed by atoms with Crippen molar-refractivity contribution in [2.45, 2.75) is 6.92 Å². The quantitative estimate of drug-likeness (QED) is 0.253. The molecule has 1 aromatic carbocycles. The summed E-state index contributed by atoms with van der Waals surface area (Å²) in [6.07, 6.45) is 1.14. The van der Waals surface area contributed by atoms with Gasteiger partial charge in [0, 0.05) is 24.5 Å².